The van der Waals surface area contributed by atoms with E-state index in [0.29, 0.717) is 5.56 Å². The lowest BCUT2D eigenvalue weighted by Crippen LogP contribution is -2.01. The lowest BCUT2D eigenvalue weighted by Gasteiger charge is -2.06. The second-order valence-corrected chi connectivity index (χ2v) is 2.97. The molecule has 0 aliphatic heterocycles. The summed E-state index contributed by atoms with van der Waals surface area (Å²) in [7, 11) is 0. The zero-order chi connectivity index (χ0) is 9.14. The summed E-state index contributed by atoms with van der Waals surface area (Å²) in [6.07, 6.45) is 0. The fourth-order valence-electron chi connectivity index (χ4n) is 0.921. The maximum Gasteiger partial charge on any atom is 0.152 e. The summed E-state index contributed by atoms with van der Waals surface area (Å²) in [5.41, 5.74) is 0.465. The lowest BCUT2D eigenvalue weighted by molar-refractivity contribution is -0.116. The van der Waals surface area contributed by atoms with E-state index in [2.05, 4.69) is 0 Å². The Labute approximate surface area is 75.8 Å². The van der Waals surface area contributed by atoms with E-state index in [1.807, 2.05) is 0 Å². The molecule has 3 heteroatoms. The van der Waals surface area contributed by atoms with Crippen molar-refractivity contribution in [3.8, 4) is 5.75 Å². The maximum absolute atomic E-state index is 10.9. The highest BCUT2D eigenvalue weighted by Crippen LogP contribution is 2.28. The van der Waals surface area contributed by atoms with Gasteiger partial charge in [0.25, 0.3) is 0 Å². The Balaban J connectivity index is 3.02. The fraction of sp³-hybridized carbons (Fsp3) is 0.222. The van der Waals surface area contributed by atoms with Gasteiger partial charge in [-0.25, -0.2) is 0 Å². The third kappa shape index (κ3) is 1.77. The van der Waals surface area contributed by atoms with Gasteiger partial charge in [-0.15, -0.1) is 11.6 Å². The van der Waals surface area contributed by atoms with Crippen LogP contribution in [0.15, 0.2) is 24.3 Å². The molecule has 0 aromatic heterocycles. The first-order valence-corrected chi connectivity index (χ1v) is 3.99. The van der Waals surface area contributed by atoms with Gasteiger partial charge < -0.3 is 5.11 Å². The molecule has 0 heterocycles. The van der Waals surface area contributed by atoms with Crippen LogP contribution in [0.3, 0.4) is 0 Å². The molecule has 0 radical (unpaired) electrons. The topological polar surface area (TPSA) is 37.3 Å². The molecule has 1 rings (SSSR count). The van der Waals surface area contributed by atoms with E-state index in [1.165, 1.54) is 13.0 Å². The van der Waals surface area contributed by atoms with E-state index < -0.39 is 5.38 Å². The van der Waals surface area contributed by atoms with Crippen molar-refractivity contribution in [1.82, 2.24) is 0 Å². The molecule has 1 unspecified atom stereocenters. The van der Waals surface area contributed by atoms with Crippen molar-refractivity contribution in [3.63, 3.8) is 0 Å². The Kier molecular flexibility index (Phi) is 2.71. The molecule has 0 aliphatic rings. The number of carbonyl (C=O) groups excluding carboxylic acids is 1. The summed E-state index contributed by atoms with van der Waals surface area (Å²) in [6, 6.07) is 6.55. The van der Waals surface area contributed by atoms with Crippen molar-refractivity contribution in [2.24, 2.45) is 0 Å². The molecule has 12 heavy (non-hydrogen) atoms. The first kappa shape index (κ1) is 9.07. The minimum atomic E-state index is -0.744. The molecular formula is C9H9ClO2. The summed E-state index contributed by atoms with van der Waals surface area (Å²) in [6.45, 7) is 1.39. The Hall–Kier alpha value is -1.02. The largest absolute Gasteiger partial charge is 0.508 e. The van der Waals surface area contributed by atoms with Gasteiger partial charge in [0.2, 0.25) is 0 Å². The first-order chi connectivity index (χ1) is 5.63. The number of hydrogen-bond acceptors (Lipinski definition) is 2. The fourth-order valence-corrected chi connectivity index (χ4v) is 1.11. The van der Waals surface area contributed by atoms with Crippen LogP contribution in [-0.2, 0) is 4.79 Å². The third-order valence-corrected chi connectivity index (χ3v) is 2.11. The molecule has 0 spiro atoms. The van der Waals surface area contributed by atoms with E-state index in [-0.39, 0.29) is 11.5 Å². The number of aromatic hydroxyl groups is 1. The summed E-state index contributed by atoms with van der Waals surface area (Å²) in [5.74, 6) is -0.106. The monoisotopic (exact) mass is 184 g/mol. The quantitative estimate of drug-likeness (QED) is 0.716. The predicted molar refractivity (Wildman–Crippen MR) is 47.4 cm³/mol. The molecule has 1 N–H and O–H groups in total. The number of benzene rings is 1. The zero-order valence-electron chi connectivity index (χ0n) is 6.62. The van der Waals surface area contributed by atoms with Crippen LogP contribution in [0.2, 0.25) is 0 Å². The number of phenols is 1. The Bertz CT molecular complexity index is 296. The molecule has 0 fully saturated rings. The van der Waals surface area contributed by atoms with Crippen LogP contribution in [0.25, 0.3) is 0 Å². The molecule has 0 amide bonds. The Morgan fingerprint density at radius 3 is 2.58 bits per heavy atom. The number of Topliss-reactive ketones (excluding diaryl/α,β-unsaturated/α-hetero) is 1. The summed E-state index contributed by atoms with van der Waals surface area (Å²) >= 11 is 5.74. The van der Waals surface area contributed by atoms with Gasteiger partial charge in [0, 0.05) is 5.56 Å². The van der Waals surface area contributed by atoms with Crippen molar-refractivity contribution in [2.45, 2.75) is 12.3 Å². The van der Waals surface area contributed by atoms with Crippen LogP contribution in [0.4, 0.5) is 0 Å². The molecule has 0 saturated carbocycles. The molecule has 1 aromatic rings. The number of ketones is 1. The molecular weight excluding hydrogens is 176 g/mol. The van der Waals surface area contributed by atoms with Crippen LogP contribution in [0, 0.1) is 0 Å². The number of halogens is 1. The van der Waals surface area contributed by atoms with Gasteiger partial charge in [-0.05, 0) is 13.0 Å². The number of phenolic OH excluding ortho intramolecular Hbond substituents is 1. The number of para-hydroxylation sites is 1. The van der Waals surface area contributed by atoms with E-state index in [9.17, 15) is 9.90 Å². The van der Waals surface area contributed by atoms with Crippen LogP contribution in [0.1, 0.15) is 17.9 Å². The van der Waals surface area contributed by atoms with E-state index >= 15 is 0 Å². The highest BCUT2D eigenvalue weighted by atomic mass is 35.5. The molecule has 1 aromatic carbocycles. The molecule has 64 valence electrons. The average molecular weight is 185 g/mol. The van der Waals surface area contributed by atoms with Crippen LogP contribution < -0.4 is 0 Å². The highest BCUT2D eigenvalue weighted by molar-refractivity contribution is 6.31. The Morgan fingerprint density at radius 1 is 1.50 bits per heavy atom. The van der Waals surface area contributed by atoms with Crippen LogP contribution in [-0.4, -0.2) is 10.9 Å². The Morgan fingerprint density at radius 2 is 2.08 bits per heavy atom. The van der Waals surface area contributed by atoms with Gasteiger partial charge in [-0.2, -0.15) is 0 Å². The number of hydrogen-bond donors (Lipinski definition) is 1. The summed E-state index contributed by atoms with van der Waals surface area (Å²) < 4.78 is 0. The van der Waals surface area contributed by atoms with Crippen LogP contribution in [0.5, 0.6) is 5.75 Å². The molecule has 0 bridgehead atoms. The second-order valence-electron chi connectivity index (χ2n) is 2.53. The molecule has 2 nitrogen and oxygen atoms in total. The zero-order valence-corrected chi connectivity index (χ0v) is 7.38. The number of carbonyl (C=O) groups is 1. The van der Waals surface area contributed by atoms with Crippen LogP contribution >= 0.6 is 11.6 Å². The second kappa shape index (κ2) is 3.59. The van der Waals surface area contributed by atoms with Gasteiger partial charge in [0.15, 0.2) is 5.78 Å². The van der Waals surface area contributed by atoms with E-state index in [0.717, 1.165) is 0 Å². The summed E-state index contributed by atoms with van der Waals surface area (Å²) in [5, 5.41) is 8.55. The highest BCUT2D eigenvalue weighted by Gasteiger charge is 2.15. The molecule has 1 atom stereocenters. The van der Waals surface area contributed by atoms with Crippen molar-refractivity contribution < 1.29 is 9.90 Å². The van der Waals surface area contributed by atoms with Gasteiger partial charge in [-0.1, -0.05) is 18.2 Å². The number of alkyl halides is 1. The van der Waals surface area contributed by atoms with Gasteiger partial charge in [0.1, 0.15) is 11.1 Å². The molecule has 0 saturated heterocycles. The van der Waals surface area contributed by atoms with Gasteiger partial charge in [-0.3, -0.25) is 4.79 Å². The maximum atomic E-state index is 10.9. The van der Waals surface area contributed by atoms with E-state index in [4.69, 9.17) is 11.6 Å². The van der Waals surface area contributed by atoms with Crippen molar-refractivity contribution >= 4 is 17.4 Å². The smallest absolute Gasteiger partial charge is 0.152 e. The minimum absolute atomic E-state index is 0.0627. The van der Waals surface area contributed by atoms with Crippen molar-refractivity contribution in [2.75, 3.05) is 0 Å². The minimum Gasteiger partial charge on any atom is -0.508 e. The number of rotatable bonds is 2. The third-order valence-electron chi connectivity index (χ3n) is 1.57. The molecule has 0 aliphatic carbocycles. The van der Waals surface area contributed by atoms with Gasteiger partial charge in [0.05, 0.1) is 0 Å². The predicted octanol–water partition coefficient (Wildman–Crippen LogP) is 2.26. The standard InChI is InChI=1S/C9H9ClO2/c1-6(11)9(10)7-4-2-3-5-8(7)12/h2-5,9,12H,1H3. The van der Waals surface area contributed by atoms with E-state index in [1.54, 1.807) is 18.2 Å². The average Bonchev–Trinajstić information content (AvgIpc) is 2.04. The van der Waals surface area contributed by atoms with Gasteiger partial charge >= 0.3 is 0 Å². The van der Waals surface area contributed by atoms with Crippen molar-refractivity contribution in [3.05, 3.63) is 29.8 Å². The first-order valence-electron chi connectivity index (χ1n) is 3.55. The SMILES string of the molecule is CC(=O)C(Cl)c1ccccc1O. The summed E-state index contributed by atoms with van der Waals surface area (Å²) in [4.78, 5) is 10.9. The lowest BCUT2D eigenvalue weighted by atomic mass is 10.1. The van der Waals surface area contributed by atoms with Crippen molar-refractivity contribution in [1.29, 1.82) is 0 Å². The normalized spacial score (nSPS) is 12.5.